The van der Waals surface area contributed by atoms with Crippen LogP contribution in [0, 0.1) is 0 Å². The molecule has 0 spiro atoms. The van der Waals surface area contributed by atoms with E-state index in [2.05, 4.69) is 5.32 Å². The smallest absolute Gasteiger partial charge is 0.335 e. The highest BCUT2D eigenvalue weighted by Gasteiger charge is 2.45. The van der Waals surface area contributed by atoms with Gasteiger partial charge in [-0.15, -0.1) is 0 Å². The molecule has 2 heterocycles. The third kappa shape index (κ3) is 3.67. The monoisotopic (exact) mass is 405 g/mol. The van der Waals surface area contributed by atoms with Crippen molar-refractivity contribution < 1.29 is 23.6 Å². The lowest BCUT2D eigenvalue weighted by molar-refractivity contribution is -0.144. The molecule has 1 saturated heterocycles. The number of hydrogen-bond donors (Lipinski definition) is 1. The van der Waals surface area contributed by atoms with Crippen molar-refractivity contribution >= 4 is 34.7 Å². The van der Waals surface area contributed by atoms with Crippen LogP contribution >= 0.6 is 0 Å². The third-order valence-electron chi connectivity index (χ3n) is 4.87. The molecule has 0 aliphatic carbocycles. The standard InChI is InChI=1S/C22H19N3O5/c1-14(18-11-16-9-5-6-10-17(16)30-18)23-19(26)13-25-21(28)20(27)24(22(25)29)12-15-7-3-2-4-8-15/h2-11,14H,12-13H2,1H3,(H,23,26)/t14-/m0/s1. The Kier molecular flexibility index (Phi) is 5.05. The normalized spacial score (nSPS) is 15.2. The van der Waals surface area contributed by atoms with Gasteiger partial charge in [-0.2, -0.15) is 0 Å². The molecular weight excluding hydrogens is 386 g/mol. The summed E-state index contributed by atoms with van der Waals surface area (Å²) in [4.78, 5) is 50.9. The van der Waals surface area contributed by atoms with Crippen molar-refractivity contribution in [1.29, 1.82) is 0 Å². The Morgan fingerprint density at radius 3 is 2.37 bits per heavy atom. The van der Waals surface area contributed by atoms with E-state index in [1.54, 1.807) is 31.2 Å². The second-order valence-corrected chi connectivity index (χ2v) is 7.03. The number of fused-ring (bicyclic) bond motifs is 1. The van der Waals surface area contributed by atoms with E-state index >= 15 is 0 Å². The molecule has 5 amide bonds. The zero-order valence-electron chi connectivity index (χ0n) is 16.2. The first-order chi connectivity index (χ1) is 14.4. The van der Waals surface area contributed by atoms with Gasteiger partial charge in [0.15, 0.2) is 0 Å². The van der Waals surface area contributed by atoms with E-state index in [9.17, 15) is 19.2 Å². The van der Waals surface area contributed by atoms with E-state index in [1.165, 1.54) is 0 Å². The SMILES string of the molecule is C[C@H](NC(=O)CN1C(=O)C(=O)N(Cc2ccccc2)C1=O)c1cc2ccccc2o1. The average Bonchev–Trinajstić information content (AvgIpc) is 3.26. The molecule has 0 saturated carbocycles. The fourth-order valence-corrected chi connectivity index (χ4v) is 3.31. The minimum Gasteiger partial charge on any atom is -0.459 e. The minimum absolute atomic E-state index is 0.0300. The summed E-state index contributed by atoms with van der Waals surface area (Å²) in [7, 11) is 0. The van der Waals surface area contributed by atoms with E-state index in [0.29, 0.717) is 21.8 Å². The molecule has 0 unspecified atom stereocenters. The largest absolute Gasteiger partial charge is 0.459 e. The molecule has 1 fully saturated rings. The number of nitrogens with one attached hydrogen (secondary N) is 1. The van der Waals surface area contributed by atoms with Gasteiger partial charge in [-0.25, -0.2) is 9.69 Å². The lowest BCUT2D eigenvalue weighted by Gasteiger charge is -2.17. The molecule has 152 valence electrons. The Morgan fingerprint density at radius 1 is 0.967 bits per heavy atom. The van der Waals surface area contributed by atoms with Crippen LogP contribution in [0.5, 0.6) is 0 Å². The topological polar surface area (TPSA) is 99.9 Å². The molecular formula is C22H19N3O5. The molecule has 4 rings (SSSR count). The van der Waals surface area contributed by atoms with E-state index < -0.39 is 36.3 Å². The van der Waals surface area contributed by atoms with Crippen molar-refractivity contribution in [2.24, 2.45) is 0 Å². The molecule has 2 aromatic carbocycles. The second kappa shape index (κ2) is 7.82. The van der Waals surface area contributed by atoms with E-state index in [4.69, 9.17) is 4.42 Å². The summed E-state index contributed by atoms with van der Waals surface area (Å²) >= 11 is 0. The van der Waals surface area contributed by atoms with Gasteiger partial charge in [0.05, 0.1) is 12.6 Å². The molecule has 3 aromatic rings. The number of imide groups is 2. The summed E-state index contributed by atoms with van der Waals surface area (Å²) < 4.78 is 5.72. The van der Waals surface area contributed by atoms with Crippen LogP contribution in [0.3, 0.4) is 0 Å². The molecule has 1 aromatic heterocycles. The van der Waals surface area contributed by atoms with Gasteiger partial charge in [0.25, 0.3) is 0 Å². The number of carbonyl (C=O) groups excluding carboxylic acids is 4. The van der Waals surface area contributed by atoms with Crippen molar-refractivity contribution in [1.82, 2.24) is 15.1 Å². The van der Waals surface area contributed by atoms with Gasteiger partial charge in [-0.05, 0) is 24.6 Å². The minimum atomic E-state index is -1.01. The van der Waals surface area contributed by atoms with Gasteiger partial charge < -0.3 is 9.73 Å². The first-order valence-electron chi connectivity index (χ1n) is 9.43. The first-order valence-corrected chi connectivity index (χ1v) is 9.43. The van der Waals surface area contributed by atoms with Gasteiger partial charge in [-0.3, -0.25) is 19.3 Å². The summed E-state index contributed by atoms with van der Waals surface area (Å²) in [6.45, 7) is 1.16. The van der Waals surface area contributed by atoms with Crippen LogP contribution in [0.15, 0.2) is 65.1 Å². The number of carbonyl (C=O) groups is 4. The summed E-state index contributed by atoms with van der Waals surface area (Å²) in [6.07, 6.45) is 0. The Hall–Kier alpha value is -3.94. The van der Waals surface area contributed by atoms with Crippen LogP contribution in [0.4, 0.5) is 4.79 Å². The van der Waals surface area contributed by atoms with Gasteiger partial charge >= 0.3 is 17.8 Å². The Balaban J connectivity index is 1.41. The average molecular weight is 405 g/mol. The number of amides is 5. The van der Waals surface area contributed by atoms with Crippen molar-refractivity contribution in [2.75, 3.05) is 6.54 Å². The van der Waals surface area contributed by atoms with Crippen LogP contribution in [-0.2, 0) is 20.9 Å². The number of urea groups is 1. The molecule has 1 atom stereocenters. The van der Waals surface area contributed by atoms with Crippen LogP contribution < -0.4 is 5.32 Å². The highest BCUT2D eigenvalue weighted by molar-refractivity contribution is 6.44. The molecule has 30 heavy (non-hydrogen) atoms. The van der Waals surface area contributed by atoms with Gasteiger partial charge in [-0.1, -0.05) is 48.5 Å². The first kappa shape index (κ1) is 19.4. The highest BCUT2D eigenvalue weighted by atomic mass is 16.3. The molecule has 1 aliphatic rings. The number of nitrogens with zero attached hydrogens (tertiary/aromatic N) is 2. The molecule has 8 heteroatoms. The van der Waals surface area contributed by atoms with Crippen LogP contribution in [0.1, 0.15) is 24.3 Å². The predicted octanol–water partition coefficient (Wildman–Crippen LogP) is 2.60. The molecule has 0 bridgehead atoms. The Morgan fingerprint density at radius 2 is 1.63 bits per heavy atom. The van der Waals surface area contributed by atoms with Crippen LogP contribution in [0.2, 0.25) is 0 Å². The summed E-state index contributed by atoms with van der Waals surface area (Å²) in [5.74, 6) is -1.98. The molecule has 1 aliphatic heterocycles. The van der Waals surface area contributed by atoms with Gasteiger partial charge in [0, 0.05) is 5.39 Å². The zero-order chi connectivity index (χ0) is 21.3. The zero-order valence-corrected chi connectivity index (χ0v) is 16.2. The van der Waals surface area contributed by atoms with Crippen molar-refractivity contribution in [3.05, 3.63) is 72.0 Å². The van der Waals surface area contributed by atoms with E-state index in [0.717, 1.165) is 10.3 Å². The van der Waals surface area contributed by atoms with E-state index in [1.807, 2.05) is 36.4 Å². The number of hydrogen-bond acceptors (Lipinski definition) is 5. The summed E-state index contributed by atoms with van der Waals surface area (Å²) in [5, 5.41) is 3.60. The maximum atomic E-state index is 12.6. The van der Waals surface area contributed by atoms with E-state index in [-0.39, 0.29) is 6.54 Å². The fourth-order valence-electron chi connectivity index (χ4n) is 3.31. The number of benzene rings is 2. The van der Waals surface area contributed by atoms with Gasteiger partial charge in [0.1, 0.15) is 17.9 Å². The molecule has 0 radical (unpaired) electrons. The molecule has 1 N–H and O–H groups in total. The summed E-state index contributed by atoms with van der Waals surface area (Å²) in [5.41, 5.74) is 1.40. The number of para-hydroxylation sites is 1. The predicted molar refractivity (Wildman–Crippen MR) is 107 cm³/mol. The highest BCUT2D eigenvalue weighted by Crippen LogP contribution is 2.23. The fraction of sp³-hybridized carbons (Fsp3) is 0.182. The van der Waals surface area contributed by atoms with Crippen molar-refractivity contribution in [2.45, 2.75) is 19.5 Å². The maximum Gasteiger partial charge on any atom is 0.335 e. The second-order valence-electron chi connectivity index (χ2n) is 7.03. The van der Waals surface area contributed by atoms with Crippen LogP contribution in [0.25, 0.3) is 11.0 Å². The lowest BCUT2D eigenvalue weighted by Crippen LogP contribution is -2.42. The number of furan rings is 1. The lowest BCUT2D eigenvalue weighted by atomic mass is 10.2. The third-order valence-corrected chi connectivity index (χ3v) is 4.87. The van der Waals surface area contributed by atoms with Gasteiger partial charge in [0.2, 0.25) is 5.91 Å². The van der Waals surface area contributed by atoms with Crippen molar-refractivity contribution in [3.8, 4) is 0 Å². The van der Waals surface area contributed by atoms with Crippen molar-refractivity contribution in [3.63, 3.8) is 0 Å². The Bertz CT molecular complexity index is 1100. The molecule has 8 nitrogen and oxygen atoms in total. The quantitative estimate of drug-likeness (QED) is 0.502. The Labute approximate surface area is 172 Å². The number of rotatable bonds is 6. The maximum absolute atomic E-state index is 12.6. The summed E-state index contributed by atoms with van der Waals surface area (Å²) in [6, 6.07) is 16.8. The van der Waals surface area contributed by atoms with Crippen LogP contribution in [-0.4, -0.2) is 40.1 Å².